The molecule has 0 radical (unpaired) electrons. The lowest BCUT2D eigenvalue weighted by molar-refractivity contribution is -0.384. The minimum absolute atomic E-state index is 0.227. The molecule has 1 N–H and O–H groups in total. The monoisotopic (exact) mass is 655 g/mol. The predicted octanol–water partition coefficient (Wildman–Crippen LogP) is 4.92. The van der Waals surface area contributed by atoms with Crippen LogP contribution in [0.3, 0.4) is 0 Å². The fourth-order valence-corrected chi connectivity index (χ4v) is 5.38. The van der Waals surface area contributed by atoms with Crippen molar-refractivity contribution in [2.75, 3.05) is 14.2 Å². The Bertz CT molecular complexity index is 1850. The average Bonchev–Trinajstić information content (AvgIpc) is 3.37. The Labute approximate surface area is 265 Å². The van der Waals surface area contributed by atoms with Crippen molar-refractivity contribution in [3.05, 3.63) is 94.2 Å². The van der Waals surface area contributed by atoms with Gasteiger partial charge >= 0.3 is 22.4 Å². The molecule has 0 fully saturated rings. The van der Waals surface area contributed by atoms with Crippen molar-refractivity contribution in [2.45, 2.75) is 45.4 Å². The van der Waals surface area contributed by atoms with Crippen LogP contribution in [-0.2, 0) is 37.6 Å². The number of non-ortho nitro benzene ring substituents is 1. The summed E-state index contributed by atoms with van der Waals surface area (Å²) in [5, 5.41) is 11.5. The van der Waals surface area contributed by atoms with Crippen molar-refractivity contribution in [1.82, 2.24) is 9.29 Å². The van der Waals surface area contributed by atoms with Gasteiger partial charge < -0.3 is 23.1 Å². The highest BCUT2D eigenvalue weighted by atomic mass is 32.2. The molecule has 14 nitrogen and oxygen atoms in total. The number of nitrogens with zero attached hydrogens (tertiary/aromatic N) is 2. The fourth-order valence-electron chi connectivity index (χ4n) is 4.44. The first kappa shape index (κ1) is 33.7. The van der Waals surface area contributed by atoms with Gasteiger partial charge in [0.2, 0.25) is 0 Å². The van der Waals surface area contributed by atoms with E-state index in [0.29, 0.717) is 33.5 Å². The number of ether oxygens (including phenoxy) is 4. The molecule has 46 heavy (non-hydrogen) atoms. The summed E-state index contributed by atoms with van der Waals surface area (Å²) < 4.78 is 56.4. The lowest BCUT2D eigenvalue weighted by Gasteiger charge is -2.19. The molecule has 4 aromatic rings. The minimum Gasteiger partial charge on any atom is -0.497 e. The van der Waals surface area contributed by atoms with E-state index in [1.54, 1.807) is 63.2 Å². The number of aromatic nitrogens is 1. The number of nitro benzene ring substituents is 1. The SMILES string of the molecule is COc1ccc(COC(=O)[C@H](Cc2cn(C(=O)OC(C)(C)C)c3ccccc23)NS(=O)(=O)Oc2ccc([N+](=O)[O-])cc2)c(OC)c1. The molecule has 1 heterocycles. The summed E-state index contributed by atoms with van der Waals surface area (Å²) in [5.74, 6) is -0.286. The number of rotatable bonds is 12. The van der Waals surface area contributed by atoms with Gasteiger partial charge in [0.05, 0.1) is 24.7 Å². The number of carbonyl (C=O) groups excluding carboxylic acids is 2. The zero-order valence-electron chi connectivity index (χ0n) is 25.7. The van der Waals surface area contributed by atoms with Gasteiger partial charge in [-0.25, -0.2) is 4.79 Å². The van der Waals surface area contributed by atoms with Gasteiger partial charge in [-0.1, -0.05) is 18.2 Å². The number of fused-ring (bicyclic) bond motifs is 1. The third-order valence-electron chi connectivity index (χ3n) is 6.50. The van der Waals surface area contributed by atoms with Crippen LogP contribution in [0.2, 0.25) is 0 Å². The van der Waals surface area contributed by atoms with Crippen molar-refractivity contribution < 1.29 is 46.1 Å². The van der Waals surface area contributed by atoms with Crippen LogP contribution in [0.5, 0.6) is 17.2 Å². The van der Waals surface area contributed by atoms with Crippen LogP contribution in [0.15, 0.2) is 72.9 Å². The molecule has 0 aliphatic heterocycles. The van der Waals surface area contributed by atoms with E-state index in [0.717, 1.165) is 24.3 Å². The zero-order valence-corrected chi connectivity index (χ0v) is 26.5. The second-order valence-corrected chi connectivity index (χ2v) is 12.3. The van der Waals surface area contributed by atoms with E-state index >= 15 is 0 Å². The molecule has 0 saturated carbocycles. The molecule has 0 bridgehead atoms. The topological polar surface area (TPSA) is 175 Å². The highest BCUT2D eigenvalue weighted by Crippen LogP contribution is 2.27. The summed E-state index contributed by atoms with van der Waals surface area (Å²) in [6.07, 6.45) is 0.553. The van der Waals surface area contributed by atoms with E-state index < -0.39 is 38.9 Å². The molecule has 0 amide bonds. The van der Waals surface area contributed by atoms with Crippen LogP contribution in [0.25, 0.3) is 10.9 Å². The highest BCUT2D eigenvalue weighted by Gasteiger charge is 2.30. The highest BCUT2D eigenvalue weighted by molar-refractivity contribution is 7.85. The third-order valence-corrected chi connectivity index (χ3v) is 7.48. The molecule has 0 aliphatic carbocycles. The number of esters is 1. The normalized spacial score (nSPS) is 12.3. The zero-order chi connectivity index (χ0) is 33.6. The Hall–Kier alpha value is -5.15. The maximum atomic E-state index is 13.5. The van der Waals surface area contributed by atoms with Gasteiger partial charge in [0, 0.05) is 41.8 Å². The summed E-state index contributed by atoms with van der Waals surface area (Å²) in [6.45, 7) is 4.90. The first-order valence-corrected chi connectivity index (χ1v) is 15.3. The summed E-state index contributed by atoms with van der Waals surface area (Å²) in [7, 11) is -1.76. The molecule has 1 atom stereocenters. The standard InChI is InChI=1S/C31H33N3O11S/c1-31(2,3)44-30(36)33-18-21(25-8-6-7-9-27(25)33)16-26(29(35)43-19-20-10-13-24(41-4)17-28(20)42-5)32-46(39,40)45-23-14-11-22(12-15-23)34(37)38/h6-15,17-18,26,32H,16,19H2,1-5H3/t26-/m0/s1. The molecule has 4 rings (SSSR count). The lowest BCUT2D eigenvalue weighted by Crippen LogP contribution is -2.45. The smallest absolute Gasteiger partial charge is 0.419 e. The third kappa shape index (κ3) is 8.51. The second kappa shape index (κ2) is 13.9. The number of nitro groups is 1. The molecule has 3 aromatic carbocycles. The predicted molar refractivity (Wildman–Crippen MR) is 166 cm³/mol. The Morgan fingerprint density at radius 2 is 1.63 bits per heavy atom. The van der Waals surface area contributed by atoms with Crippen molar-refractivity contribution in [1.29, 1.82) is 0 Å². The quantitative estimate of drug-likeness (QED) is 0.125. The maximum Gasteiger partial charge on any atom is 0.419 e. The fraction of sp³-hybridized carbons (Fsp3) is 0.290. The number of benzene rings is 3. The van der Waals surface area contributed by atoms with Gasteiger partial charge in [0.25, 0.3) is 5.69 Å². The molecular weight excluding hydrogens is 622 g/mol. The minimum atomic E-state index is -4.68. The van der Waals surface area contributed by atoms with Crippen molar-refractivity contribution in [3.8, 4) is 17.2 Å². The average molecular weight is 656 g/mol. The molecule has 0 aliphatic rings. The van der Waals surface area contributed by atoms with Crippen molar-refractivity contribution >= 4 is 39.0 Å². The summed E-state index contributed by atoms with van der Waals surface area (Å²) in [4.78, 5) is 36.9. The molecule has 0 saturated heterocycles. The first-order chi connectivity index (χ1) is 21.7. The molecule has 244 valence electrons. The second-order valence-electron chi connectivity index (χ2n) is 11.0. The Morgan fingerprint density at radius 1 is 0.957 bits per heavy atom. The van der Waals surface area contributed by atoms with Crippen LogP contribution in [0.1, 0.15) is 31.9 Å². The number of carbonyl (C=O) groups is 2. The summed E-state index contributed by atoms with van der Waals surface area (Å²) >= 11 is 0. The van der Waals surface area contributed by atoms with Gasteiger partial charge in [-0.2, -0.15) is 13.1 Å². The first-order valence-electron chi connectivity index (χ1n) is 13.9. The number of hydrogen-bond donors (Lipinski definition) is 1. The lowest BCUT2D eigenvalue weighted by atomic mass is 10.1. The number of hydrogen-bond acceptors (Lipinski definition) is 11. The number of methoxy groups -OCH3 is 2. The largest absolute Gasteiger partial charge is 0.497 e. The van der Waals surface area contributed by atoms with Gasteiger partial charge in [-0.05, 0) is 56.7 Å². The molecule has 0 unspecified atom stereocenters. The number of para-hydroxylation sites is 1. The van der Waals surface area contributed by atoms with E-state index in [4.69, 9.17) is 23.1 Å². The van der Waals surface area contributed by atoms with Crippen LogP contribution >= 0.6 is 0 Å². The molecule has 15 heteroatoms. The van der Waals surface area contributed by atoms with Crippen LogP contribution in [0.4, 0.5) is 10.5 Å². The van der Waals surface area contributed by atoms with E-state index in [9.17, 15) is 28.1 Å². The number of nitrogens with one attached hydrogen (secondary N) is 1. The van der Waals surface area contributed by atoms with E-state index in [-0.39, 0.29) is 24.5 Å². The molecule has 1 aromatic heterocycles. The van der Waals surface area contributed by atoms with Gasteiger partial charge in [0.15, 0.2) is 0 Å². The maximum absolute atomic E-state index is 13.5. The Balaban J connectivity index is 1.65. The van der Waals surface area contributed by atoms with E-state index in [1.807, 2.05) is 0 Å². The van der Waals surface area contributed by atoms with Crippen LogP contribution in [-0.4, -0.2) is 55.8 Å². The van der Waals surface area contributed by atoms with E-state index in [1.165, 1.54) is 25.0 Å². The Morgan fingerprint density at radius 3 is 2.26 bits per heavy atom. The summed E-state index contributed by atoms with van der Waals surface area (Å²) in [5.41, 5.74) is 0.342. The molecule has 0 spiro atoms. The van der Waals surface area contributed by atoms with Crippen molar-refractivity contribution in [2.24, 2.45) is 0 Å². The van der Waals surface area contributed by atoms with Gasteiger partial charge in [0.1, 0.15) is 35.5 Å². The molecular formula is C31H33N3O11S. The van der Waals surface area contributed by atoms with Gasteiger partial charge in [-0.15, -0.1) is 0 Å². The van der Waals surface area contributed by atoms with Crippen molar-refractivity contribution in [3.63, 3.8) is 0 Å². The summed E-state index contributed by atoms with van der Waals surface area (Å²) in [6, 6.07) is 14.6. The van der Waals surface area contributed by atoms with Crippen LogP contribution < -0.4 is 18.4 Å². The van der Waals surface area contributed by atoms with E-state index in [2.05, 4.69) is 4.72 Å². The van der Waals surface area contributed by atoms with Gasteiger partial charge in [-0.3, -0.25) is 19.5 Å². The Kier molecular flexibility index (Phi) is 10.2. The van der Waals surface area contributed by atoms with Crippen LogP contribution in [0, 0.1) is 10.1 Å².